The Hall–Kier alpha value is -2.11. The van der Waals surface area contributed by atoms with Gasteiger partial charge in [0.25, 0.3) is 0 Å². The fraction of sp³-hybridized carbons (Fsp3) is 0.562. The van der Waals surface area contributed by atoms with E-state index in [1.807, 2.05) is 0 Å². The largest absolute Gasteiger partial charge is 0.505 e. The highest BCUT2D eigenvalue weighted by Crippen LogP contribution is 2.21. The van der Waals surface area contributed by atoms with E-state index >= 15 is 0 Å². The van der Waals surface area contributed by atoms with Crippen LogP contribution in [0.5, 0.6) is 0 Å². The summed E-state index contributed by atoms with van der Waals surface area (Å²) in [7, 11) is 1.69. The fourth-order valence-corrected chi connectivity index (χ4v) is 2.01. The molecule has 0 spiro atoms. The van der Waals surface area contributed by atoms with Crippen LogP contribution in [-0.4, -0.2) is 46.7 Å². The van der Waals surface area contributed by atoms with Gasteiger partial charge in [0.15, 0.2) is 0 Å². The summed E-state index contributed by atoms with van der Waals surface area (Å²) in [5.41, 5.74) is -0.174. The first-order valence-corrected chi connectivity index (χ1v) is 7.16. The van der Waals surface area contributed by atoms with Crippen LogP contribution >= 0.6 is 0 Å². The van der Waals surface area contributed by atoms with Gasteiger partial charge < -0.3 is 14.7 Å². The van der Waals surface area contributed by atoms with Crippen LogP contribution in [0.15, 0.2) is 23.1 Å². The van der Waals surface area contributed by atoms with Crippen molar-refractivity contribution < 1.29 is 24.2 Å². The van der Waals surface area contributed by atoms with E-state index in [4.69, 9.17) is 4.74 Å². The summed E-state index contributed by atoms with van der Waals surface area (Å²) in [6.07, 6.45) is 1.88. The molecule has 0 fully saturated rings. The zero-order valence-electron chi connectivity index (χ0n) is 13.7. The van der Waals surface area contributed by atoms with Crippen LogP contribution in [0.4, 0.5) is 0 Å². The van der Waals surface area contributed by atoms with E-state index in [0.29, 0.717) is 18.7 Å². The molecular weight excluding hydrogens is 286 g/mol. The molecule has 0 bridgehead atoms. The quantitative estimate of drug-likeness (QED) is 0.474. The first-order valence-electron chi connectivity index (χ1n) is 7.16. The Morgan fingerprint density at radius 1 is 1.32 bits per heavy atom. The van der Waals surface area contributed by atoms with Crippen LogP contribution in [0, 0.1) is 0 Å². The molecule has 0 aromatic heterocycles. The Morgan fingerprint density at radius 2 is 1.91 bits per heavy atom. The molecule has 1 aliphatic rings. The highest BCUT2D eigenvalue weighted by Gasteiger charge is 2.27. The molecule has 0 atom stereocenters. The van der Waals surface area contributed by atoms with Gasteiger partial charge in [-0.25, -0.2) is 0 Å². The standard InChI is InChI=1S/C16H23NO5/c1-10-14(20)11(9-12(18)15(10)21)17(5)8-6-7-13(19)22-16(2,3)4/h9,20H,6-8H2,1-5H3. The smallest absolute Gasteiger partial charge is 0.306 e. The Bertz CT molecular complexity index is 551. The third-order valence-corrected chi connectivity index (χ3v) is 3.14. The minimum atomic E-state index is -0.691. The lowest BCUT2D eigenvalue weighted by Gasteiger charge is -2.25. The Kier molecular flexibility index (Phi) is 5.52. The van der Waals surface area contributed by atoms with E-state index in [1.165, 1.54) is 6.92 Å². The molecular formula is C16H23NO5. The maximum absolute atomic E-state index is 11.6. The van der Waals surface area contributed by atoms with Gasteiger partial charge in [0.2, 0.25) is 11.6 Å². The van der Waals surface area contributed by atoms with Gasteiger partial charge in [-0.2, -0.15) is 0 Å². The van der Waals surface area contributed by atoms with E-state index in [2.05, 4.69) is 0 Å². The molecule has 6 nitrogen and oxygen atoms in total. The van der Waals surface area contributed by atoms with E-state index in [0.717, 1.165) is 6.08 Å². The molecule has 0 saturated carbocycles. The molecule has 0 saturated heterocycles. The number of allylic oxidation sites excluding steroid dienone is 2. The summed E-state index contributed by atoms with van der Waals surface area (Å²) in [6, 6.07) is 0. The number of Topliss-reactive ketones (excluding diaryl/α,β-unsaturated/α-hetero) is 1. The molecule has 122 valence electrons. The summed E-state index contributed by atoms with van der Waals surface area (Å²) in [5, 5.41) is 9.96. The van der Waals surface area contributed by atoms with E-state index in [9.17, 15) is 19.5 Å². The van der Waals surface area contributed by atoms with Gasteiger partial charge in [0, 0.05) is 31.7 Å². The minimum absolute atomic E-state index is 0.0430. The number of aliphatic hydroxyl groups excluding tert-OH is 1. The molecule has 0 heterocycles. The van der Waals surface area contributed by atoms with Gasteiger partial charge in [-0.3, -0.25) is 14.4 Å². The third kappa shape index (κ3) is 4.72. The summed E-state index contributed by atoms with van der Waals surface area (Å²) < 4.78 is 5.20. The predicted octanol–water partition coefficient (Wildman–Crippen LogP) is 1.91. The van der Waals surface area contributed by atoms with E-state index in [-0.39, 0.29) is 23.7 Å². The number of nitrogens with zero attached hydrogens (tertiary/aromatic N) is 1. The number of hydrogen-bond donors (Lipinski definition) is 1. The van der Waals surface area contributed by atoms with Crippen molar-refractivity contribution in [3.63, 3.8) is 0 Å². The second-order valence-corrected chi connectivity index (χ2v) is 6.31. The van der Waals surface area contributed by atoms with Crippen LogP contribution in [0.25, 0.3) is 0 Å². The monoisotopic (exact) mass is 309 g/mol. The molecule has 0 amide bonds. The van der Waals surface area contributed by atoms with Crippen LogP contribution in [-0.2, 0) is 19.1 Å². The number of carbonyl (C=O) groups is 3. The number of esters is 1. The van der Waals surface area contributed by atoms with Gasteiger partial charge in [-0.1, -0.05) is 0 Å². The summed E-state index contributed by atoms with van der Waals surface area (Å²) >= 11 is 0. The van der Waals surface area contributed by atoms with Crippen LogP contribution < -0.4 is 0 Å². The second kappa shape index (κ2) is 6.77. The number of ether oxygens (including phenoxy) is 1. The summed E-state index contributed by atoms with van der Waals surface area (Å²) in [4.78, 5) is 36.2. The number of rotatable bonds is 5. The predicted molar refractivity (Wildman–Crippen MR) is 81.1 cm³/mol. The van der Waals surface area contributed by atoms with Crippen molar-refractivity contribution in [3.8, 4) is 0 Å². The lowest BCUT2D eigenvalue weighted by Crippen LogP contribution is -2.29. The van der Waals surface area contributed by atoms with E-state index in [1.54, 1.807) is 32.7 Å². The van der Waals surface area contributed by atoms with Gasteiger partial charge in [-0.15, -0.1) is 0 Å². The molecule has 0 aromatic rings. The maximum atomic E-state index is 11.6. The molecule has 1 aliphatic carbocycles. The number of hydrogen-bond acceptors (Lipinski definition) is 6. The Morgan fingerprint density at radius 3 is 2.45 bits per heavy atom. The zero-order valence-corrected chi connectivity index (χ0v) is 13.7. The normalized spacial score (nSPS) is 15.8. The van der Waals surface area contributed by atoms with Crippen molar-refractivity contribution in [1.82, 2.24) is 4.90 Å². The molecule has 1 N–H and O–H groups in total. The summed E-state index contributed by atoms with van der Waals surface area (Å²) in [6.45, 7) is 7.27. The topological polar surface area (TPSA) is 83.9 Å². The first kappa shape index (κ1) is 17.9. The average Bonchev–Trinajstić information content (AvgIpc) is 2.38. The Balaban J connectivity index is 2.58. The van der Waals surface area contributed by atoms with Gasteiger partial charge in [-0.05, 0) is 34.1 Å². The molecule has 0 aliphatic heterocycles. The van der Waals surface area contributed by atoms with Crippen molar-refractivity contribution >= 4 is 17.5 Å². The van der Waals surface area contributed by atoms with Crippen LogP contribution in [0.1, 0.15) is 40.5 Å². The molecule has 22 heavy (non-hydrogen) atoms. The zero-order chi connectivity index (χ0) is 17.1. The highest BCUT2D eigenvalue weighted by molar-refractivity contribution is 6.48. The molecule has 0 radical (unpaired) electrons. The second-order valence-electron chi connectivity index (χ2n) is 6.31. The number of aliphatic hydroxyl groups is 1. The van der Waals surface area contributed by atoms with Gasteiger partial charge >= 0.3 is 5.97 Å². The van der Waals surface area contributed by atoms with E-state index < -0.39 is 17.2 Å². The lowest BCUT2D eigenvalue weighted by atomic mass is 9.99. The van der Waals surface area contributed by atoms with Crippen molar-refractivity contribution in [1.29, 1.82) is 0 Å². The fourth-order valence-electron chi connectivity index (χ4n) is 2.01. The minimum Gasteiger partial charge on any atom is -0.505 e. The molecule has 0 unspecified atom stereocenters. The lowest BCUT2D eigenvalue weighted by molar-refractivity contribution is -0.154. The van der Waals surface area contributed by atoms with Gasteiger partial charge in [0.05, 0.1) is 5.70 Å². The van der Waals surface area contributed by atoms with Crippen molar-refractivity contribution in [2.75, 3.05) is 13.6 Å². The van der Waals surface area contributed by atoms with Crippen molar-refractivity contribution in [2.45, 2.75) is 46.1 Å². The molecule has 6 heteroatoms. The SMILES string of the molecule is CC1=C(O)C(N(C)CCCC(=O)OC(C)(C)C)=CC(=O)C1=O. The van der Waals surface area contributed by atoms with Crippen molar-refractivity contribution in [3.05, 3.63) is 23.1 Å². The van der Waals surface area contributed by atoms with Gasteiger partial charge in [0.1, 0.15) is 11.4 Å². The Labute approximate surface area is 130 Å². The highest BCUT2D eigenvalue weighted by atomic mass is 16.6. The van der Waals surface area contributed by atoms with Crippen molar-refractivity contribution in [2.24, 2.45) is 0 Å². The first-order chi connectivity index (χ1) is 10.0. The summed E-state index contributed by atoms with van der Waals surface area (Å²) in [5.74, 6) is -1.82. The number of likely N-dealkylation sites (N-methyl/N-ethyl adjacent to an activating group) is 1. The molecule has 0 aromatic carbocycles. The molecule has 1 rings (SSSR count). The number of ketones is 2. The third-order valence-electron chi connectivity index (χ3n) is 3.14. The van der Waals surface area contributed by atoms with Crippen LogP contribution in [0.2, 0.25) is 0 Å². The maximum Gasteiger partial charge on any atom is 0.306 e. The average molecular weight is 309 g/mol. The number of carbonyl (C=O) groups excluding carboxylic acids is 3. The van der Waals surface area contributed by atoms with Crippen LogP contribution in [0.3, 0.4) is 0 Å².